The lowest BCUT2D eigenvalue weighted by atomic mass is 9.92. The number of nitrogens with zero attached hydrogens (tertiary/aromatic N) is 2. The minimum Gasteiger partial charge on any atom is -0.479 e. The average molecular weight is 566 g/mol. The number of benzene rings is 3. The molecule has 216 valence electrons. The third-order valence-corrected chi connectivity index (χ3v) is 9.80. The van der Waals surface area contributed by atoms with Crippen molar-refractivity contribution in [1.82, 2.24) is 15.1 Å². The fourth-order valence-corrected chi connectivity index (χ4v) is 7.63. The summed E-state index contributed by atoms with van der Waals surface area (Å²) in [4.78, 5) is 44.0. The summed E-state index contributed by atoms with van der Waals surface area (Å²) < 4.78 is 5.87. The van der Waals surface area contributed by atoms with Crippen molar-refractivity contribution in [3.8, 4) is 11.1 Å². The van der Waals surface area contributed by atoms with E-state index in [0.717, 1.165) is 40.7 Å². The van der Waals surface area contributed by atoms with E-state index in [1.165, 1.54) is 0 Å². The molecule has 7 rings (SSSR count). The summed E-state index contributed by atoms with van der Waals surface area (Å²) in [5.41, 5.74) is 3.22. The number of likely N-dealkylation sites (tertiary alicyclic amines) is 2. The molecule has 2 saturated heterocycles. The number of ether oxygens (including phenoxy) is 1. The van der Waals surface area contributed by atoms with Crippen LogP contribution < -0.4 is 5.32 Å². The van der Waals surface area contributed by atoms with E-state index in [1.807, 2.05) is 54.6 Å². The molecule has 3 atom stereocenters. The van der Waals surface area contributed by atoms with Crippen LogP contribution in [0.3, 0.4) is 0 Å². The van der Waals surface area contributed by atoms with E-state index in [9.17, 15) is 19.5 Å². The number of carboxylic acids is 1. The van der Waals surface area contributed by atoms with E-state index in [-0.39, 0.29) is 24.3 Å². The van der Waals surface area contributed by atoms with Gasteiger partial charge in [0.25, 0.3) is 5.91 Å². The Labute approximate surface area is 245 Å². The van der Waals surface area contributed by atoms with Crippen LogP contribution in [0.15, 0.2) is 78.9 Å². The summed E-state index contributed by atoms with van der Waals surface area (Å²) >= 11 is 0. The van der Waals surface area contributed by atoms with Crippen LogP contribution in [0, 0.1) is 5.92 Å². The third-order valence-electron chi connectivity index (χ3n) is 9.80. The standard InChI is InChI=1S/C34H35N3O5/c38-30(37-17-8-11-24-19-34(24,37)31(39)40)33(16-18-36(22-33)20-23-9-2-1-3-10-23)35-32(41)42-21-29-27-14-6-4-12-25(27)26-13-5-7-15-28(26)29/h1-7,9-10,12-15,24,29H,8,11,16-22H2,(H,35,41)(H,39,40)/t24-,33?,34+/m1/s1. The van der Waals surface area contributed by atoms with Crippen LogP contribution in [0.1, 0.15) is 48.3 Å². The van der Waals surface area contributed by atoms with Gasteiger partial charge in [-0.25, -0.2) is 9.59 Å². The number of fused-ring (bicyclic) bond motifs is 4. The Morgan fingerprint density at radius 2 is 1.57 bits per heavy atom. The van der Waals surface area contributed by atoms with Gasteiger partial charge in [0.1, 0.15) is 17.7 Å². The molecule has 2 aliphatic carbocycles. The predicted molar refractivity (Wildman–Crippen MR) is 157 cm³/mol. The zero-order valence-electron chi connectivity index (χ0n) is 23.5. The highest BCUT2D eigenvalue weighted by molar-refractivity contribution is 5.97. The van der Waals surface area contributed by atoms with Gasteiger partial charge in [-0.05, 0) is 59.4 Å². The molecule has 0 aromatic heterocycles. The third kappa shape index (κ3) is 4.36. The van der Waals surface area contributed by atoms with Gasteiger partial charge in [0, 0.05) is 32.1 Å². The Hall–Kier alpha value is -4.17. The second-order valence-electron chi connectivity index (χ2n) is 12.2. The monoisotopic (exact) mass is 565 g/mol. The van der Waals surface area contributed by atoms with E-state index in [4.69, 9.17) is 4.74 Å². The highest BCUT2D eigenvalue weighted by Crippen LogP contribution is 2.55. The Bertz CT molecular complexity index is 1500. The first-order valence-corrected chi connectivity index (χ1v) is 14.9. The number of hydrogen-bond acceptors (Lipinski definition) is 5. The number of hydrogen-bond donors (Lipinski definition) is 2. The van der Waals surface area contributed by atoms with E-state index >= 15 is 0 Å². The number of aliphatic carboxylic acids is 1. The Kier molecular flexibility index (Phi) is 6.54. The van der Waals surface area contributed by atoms with Gasteiger partial charge < -0.3 is 20.1 Å². The zero-order valence-corrected chi connectivity index (χ0v) is 23.5. The maximum absolute atomic E-state index is 14.4. The number of alkyl carbamates (subject to hydrolysis) is 1. The maximum atomic E-state index is 14.4. The van der Waals surface area contributed by atoms with Crippen molar-refractivity contribution >= 4 is 18.0 Å². The topological polar surface area (TPSA) is 99.2 Å². The summed E-state index contributed by atoms with van der Waals surface area (Å²) in [5.74, 6) is -1.38. The van der Waals surface area contributed by atoms with Gasteiger partial charge in [-0.2, -0.15) is 0 Å². The predicted octanol–water partition coefficient (Wildman–Crippen LogP) is 4.64. The van der Waals surface area contributed by atoms with Crippen LogP contribution in [0.2, 0.25) is 0 Å². The van der Waals surface area contributed by atoms with Crippen molar-refractivity contribution in [2.45, 2.75) is 49.2 Å². The zero-order chi connectivity index (χ0) is 28.9. The van der Waals surface area contributed by atoms with E-state index in [1.54, 1.807) is 4.90 Å². The number of carbonyl (C=O) groups excluding carboxylic acids is 2. The molecule has 3 aromatic rings. The summed E-state index contributed by atoms with van der Waals surface area (Å²) in [7, 11) is 0. The Morgan fingerprint density at radius 3 is 2.26 bits per heavy atom. The van der Waals surface area contributed by atoms with Gasteiger partial charge in [-0.15, -0.1) is 0 Å². The van der Waals surface area contributed by atoms with Crippen molar-refractivity contribution < 1.29 is 24.2 Å². The number of rotatable bonds is 7. The van der Waals surface area contributed by atoms with Crippen molar-refractivity contribution in [1.29, 1.82) is 0 Å². The average Bonchev–Trinajstić information content (AvgIpc) is 3.53. The summed E-state index contributed by atoms with van der Waals surface area (Å²) in [5, 5.41) is 13.1. The molecule has 2 amide bonds. The van der Waals surface area contributed by atoms with E-state index < -0.39 is 23.1 Å². The van der Waals surface area contributed by atoms with E-state index in [2.05, 4.69) is 34.5 Å². The highest BCUT2D eigenvalue weighted by Gasteiger charge is 2.68. The summed E-state index contributed by atoms with van der Waals surface area (Å²) in [6, 6.07) is 26.3. The van der Waals surface area contributed by atoms with Crippen molar-refractivity contribution in [3.63, 3.8) is 0 Å². The molecular weight excluding hydrogens is 530 g/mol. The number of amides is 2. The lowest BCUT2D eigenvalue weighted by Gasteiger charge is -2.40. The fraction of sp³-hybridized carbons (Fsp3) is 0.382. The molecule has 8 nitrogen and oxygen atoms in total. The van der Waals surface area contributed by atoms with Crippen LogP contribution in [0.25, 0.3) is 11.1 Å². The molecule has 1 saturated carbocycles. The number of carbonyl (C=O) groups is 3. The van der Waals surface area contributed by atoms with Crippen LogP contribution in [-0.2, 0) is 20.9 Å². The lowest BCUT2D eigenvalue weighted by Crippen LogP contribution is -2.65. The van der Waals surface area contributed by atoms with Gasteiger partial charge in [0.15, 0.2) is 0 Å². The molecule has 0 radical (unpaired) electrons. The Morgan fingerprint density at radius 1 is 0.905 bits per heavy atom. The minimum absolute atomic E-state index is 0.0268. The van der Waals surface area contributed by atoms with E-state index in [0.29, 0.717) is 39.0 Å². The van der Waals surface area contributed by atoms with Gasteiger partial charge in [0.05, 0.1) is 0 Å². The summed E-state index contributed by atoms with van der Waals surface area (Å²) in [6.07, 6.45) is 1.78. The van der Waals surface area contributed by atoms with Gasteiger partial charge in [-0.1, -0.05) is 78.9 Å². The molecule has 1 unspecified atom stereocenters. The van der Waals surface area contributed by atoms with Crippen molar-refractivity contribution in [2.75, 3.05) is 26.2 Å². The molecule has 3 fully saturated rings. The van der Waals surface area contributed by atoms with Crippen molar-refractivity contribution in [3.05, 3.63) is 95.6 Å². The lowest BCUT2D eigenvalue weighted by molar-refractivity contribution is -0.157. The first kappa shape index (κ1) is 26.7. The molecule has 3 aromatic carbocycles. The van der Waals surface area contributed by atoms with Crippen LogP contribution >= 0.6 is 0 Å². The first-order chi connectivity index (χ1) is 20.4. The number of piperidine rings is 1. The molecule has 8 heteroatoms. The smallest absolute Gasteiger partial charge is 0.408 e. The number of nitrogens with one attached hydrogen (secondary N) is 1. The minimum atomic E-state index is -1.26. The number of carboxylic acid groups (broad SMARTS) is 1. The SMILES string of the molecule is O=C(NC1(C(=O)N2CCC[C@@H]3C[C@@]32C(=O)O)CCN(Cc2ccccc2)C1)OCC1c2ccccc2-c2ccccc21. The van der Waals surface area contributed by atoms with Crippen LogP contribution in [0.5, 0.6) is 0 Å². The molecule has 2 heterocycles. The maximum Gasteiger partial charge on any atom is 0.408 e. The molecule has 4 aliphatic rings. The van der Waals surface area contributed by atoms with Gasteiger partial charge >= 0.3 is 12.1 Å². The summed E-state index contributed by atoms with van der Waals surface area (Å²) in [6.45, 7) is 2.05. The van der Waals surface area contributed by atoms with Crippen LogP contribution in [0.4, 0.5) is 4.79 Å². The quantitative estimate of drug-likeness (QED) is 0.433. The van der Waals surface area contributed by atoms with Gasteiger partial charge in [0.2, 0.25) is 0 Å². The molecule has 0 spiro atoms. The van der Waals surface area contributed by atoms with Crippen molar-refractivity contribution in [2.24, 2.45) is 5.92 Å². The van der Waals surface area contributed by atoms with Gasteiger partial charge in [-0.3, -0.25) is 9.69 Å². The second kappa shape index (κ2) is 10.3. The Balaban J connectivity index is 1.12. The molecular formula is C34H35N3O5. The first-order valence-electron chi connectivity index (χ1n) is 14.9. The molecule has 2 aliphatic heterocycles. The molecule has 42 heavy (non-hydrogen) atoms. The van der Waals surface area contributed by atoms with Crippen LogP contribution in [-0.4, -0.2) is 70.2 Å². The largest absolute Gasteiger partial charge is 0.479 e. The second-order valence-corrected chi connectivity index (χ2v) is 12.2. The fourth-order valence-electron chi connectivity index (χ4n) is 7.63. The normalized spacial score (nSPS) is 26.2. The molecule has 0 bridgehead atoms. The molecule has 2 N–H and O–H groups in total. The highest BCUT2D eigenvalue weighted by atomic mass is 16.5.